The Bertz CT molecular complexity index is 319. The Labute approximate surface area is 82.6 Å². The van der Waals surface area contributed by atoms with Crippen LogP contribution in [0, 0.1) is 0 Å². The van der Waals surface area contributed by atoms with Crippen LogP contribution in [0.4, 0.5) is 0 Å². The largest absolute Gasteiger partial charge is 0.478 e. The van der Waals surface area contributed by atoms with E-state index in [0.29, 0.717) is 0 Å². The molecule has 0 spiro atoms. The summed E-state index contributed by atoms with van der Waals surface area (Å²) < 4.78 is 4.25. The van der Waals surface area contributed by atoms with Crippen molar-refractivity contribution >= 4 is 23.9 Å². The van der Waals surface area contributed by atoms with Crippen LogP contribution in [0.1, 0.15) is 12.8 Å². The number of rotatable bonds is 1. The molecule has 1 heterocycles. The van der Waals surface area contributed by atoms with Gasteiger partial charge in [0.05, 0.1) is 12.8 Å². The number of esters is 1. The molecule has 1 aliphatic heterocycles. The lowest BCUT2D eigenvalue weighted by atomic mass is 10.3. The van der Waals surface area contributed by atoms with E-state index >= 15 is 0 Å². The van der Waals surface area contributed by atoms with Crippen LogP contribution >= 0.6 is 0 Å². The van der Waals surface area contributed by atoms with Gasteiger partial charge < -0.3 is 9.84 Å². The molecule has 0 aromatic heterocycles. The van der Waals surface area contributed by atoms with Gasteiger partial charge in [0.25, 0.3) is 6.10 Å². The van der Waals surface area contributed by atoms with Gasteiger partial charge in [-0.05, 0) is 0 Å². The first-order valence-corrected chi connectivity index (χ1v) is 3.84. The molecule has 1 N–H and O–H groups in total. The van der Waals surface area contributed by atoms with E-state index in [9.17, 15) is 19.2 Å². The molecule has 1 aliphatic rings. The van der Waals surface area contributed by atoms with Gasteiger partial charge in [0, 0.05) is 0 Å². The minimum atomic E-state index is -2.11. The van der Waals surface area contributed by atoms with Crippen molar-refractivity contribution in [2.75, 3.05) is 0 Å². The smallest absolute Gasteiger partial charge is 0.407 e. The fourth-order valence-electron chi connectivity index (χ4n) is 0.767. The van der Waals surface area contributed by atoms with Crippen molar-refractivity contribution in [3.8, 4) is 0 Å². The molecule has 1 saturated heterocycles. The SMILES string of the molecule is O=C1CCC(=O)OC(C(=O)O)C(=O)OO1. The Morgan fingerprint density at radius 2 is 1.73 bits per heavy atom. The molecule has 0 radical (unpaired) electrons. The zero-order valence-electron chi connectivity index (χ0n) is 7.30. The quantitative estimate of drug-likeness (QED) is 0.330. The van der Waals surface area contributed by atoms with E-state index in [4.69, 9.17) is 5.11 Å². The average Bonchev–Trinajstić information content (AvgIpc) is 2.23. The second kappa shape index (κ2) is 4.40. The van der Waals surface area contributed by atoms with Crippen molar-refractivity contribution in [3.63, 3.8) is 0 Å². The molecule has 1 rings (SSSR count). The van der Waals surface area contributed by atoms with Crippen LogP contribution in [0.15, 0.2) is 0 Å². The molecule has 8 nitrogen and oxygen atoms in total. The van der Waals surface area contributed by atoms with Gasteiger partial charge in [0.1, 0.15) is 0 Å². The van der Waals surface area contributed by atoms with Gasteiger partial charge in [0.2, 0.25) is 0 Å². The summed E-state index contributed by atoms with van der Waals surface area (Å²) in [4.78, 5) is 50.7. The van der Waals surface area contributed by atoms with Gasteiger partial charge in [-0.3, -0.25) is 4.79 Å². The zero-order valence-corrected chi connectivity index (χ0v) is 7.30. The van der Waals surface area contributed by atoms with E-state index in [1.165, 1.54) is 0 Å². The fourth-order valence-corrected chi connectivity index (χ4v) is 0.767. The second-order valence-electron chi connectivity index (χ2n) is 2.57. The molecule has 82 valence electrons. The number of carbonyl (C=O) groups excluding carboxylic acids is 3. The number of aliphatic carboxylic acids is 1. The summed E-state index contributed by atoms with van der Waals surface area (Å²) in [6.07, 6.45) is -2.83. The maximum Gasteiger partial charge on any atom is 0.407 e. The molecule has 0 aliphatic carbocycles. The van der Waals surface area contributed by atoms with Gasteiger partial charge in [-0.1, -0.05) is 0 Å². The first-order chi connectivity index (χ1) is 7.00. The molecule has 1 fully saturated rings. The highest BCUT2D eigenvalue weighted by Crippen LogP contribution is 2.06. The Balaban J connectivity index is 2.79. The number of carboxylic acids is 1. The number of carbonyl (C=O) groups is 4. The minimum Gasteiger partial charge on any atom is -0.478 e. The van der Waals surface area contributed by atoms with Crippen molar-refractivity contribution in [2.45, 2.75) is 18.9 Å². The molecule has 0 saturated carbocycles. The van der Waals surface area contributed by atoms with Crippen LogP contribution < -0.4 is 0 Å². The molecule has 0 aromatic carbocycles. The van der Waals surface area contributed by atoms with Gasteiger partial charge in [0.15, 0.2) is 0 Å². The molecule has 0 bridgehead atoms. The van der Waals surface area contributed by atoms with Gasteiger partial charge in [-0.25, -0.2) is 24.2 Å². The standard InChI is InChI=1S/C7H6O8/c8-3-1-2-4(9)14-15-7(12)5(13-3)6(10)11/h5H,1-2H2,(H,10,11). The van der Waals surface area contributed by atoms with E-state index in [1.54, 1.807) is 0 Å². The highest BCUT2D eigenvalue weighted by molar-refractivity contribution is 5.99. The third kappa shape index (κ3) is 2.93. The van der Waals surface area contributed by atoms with Gasteiger partial charge >= 0.3 is 23.9 Å². The van der Waals surface area contributed by atoms with Crippen molar-refractivity contribution in [1.29, 1.82) is 0 Å². The number of hydrogen-bond acceptors (Lipinski definition) is 7. The summed E-state index contributed by atoms with van der Waals surface area (Å²) in [5.74, 6) is -5.11. The van der Waals surface area contributed by atoms with Crippen LogP contribution in [0.2, 0.25) is 0 Å². The third-order valence-corrected chi connectivity index (χ3v) is 1.44. The van der Waals surface area contributed by atoms with E-state index in [2.05, 4.69) is 14.5 Å². The topological polar surface area (TPSA) is 116 Å². The van der Waals surface area contributed by atoms with Crippen molar-refractivity contribution < 1.29 is 38.8 Å². The molecule has 1 unspecified atom stereocenters. The lowest BCUT2D eigenvalue weighted by Crippen LogP contribution is -2.35. The van der Waals surface area contributed by atoms with Crippen molar-refractivity contribution in [2.24, 2.45) is 0 Å². The molecule has 8 heteroatoms. The minimum absolute atomic E-state index is 0.349. The van der Waals surface area contributed by atoms with Crippen LogP contribution in [-0.2, 0) is 33.7 Å². The van der Waals surface area contributed by atoms with Gasteiger partial charge in [-0.2, -0.15) is 0 Å². The van der Waals surface area contributed by atoms with Crippen LogP contribution in [-0.4, -0.2) is 35.1 Å². The maximum atomic E-state index is 10.9. The lowest BCUT2D eigenvalue weighted by molar-refractivity contribution is -0.263. The number of hydrogen-bond donors (Lipinski definition) is 1. The fraction of sp³-hybridized carbons (Fsp3) is 0.429. The molecule has 15 heavy (non-hydrogen) atoms. The first-order valence-electron chi connectivity index (χ1n) is 3.84. The molecular weight excluding hydrogens is 212 g/mol. The lowest BCUT2D eigenvalue weighted by Gasteiger charge is -2.08. The van der Waals surface area contributed by atoms with Gasteiger partial charge in [-0.15, -0.1) is 0 Å². The summed E-state index contributed by atoms with van der Waals surface area (Å²) in [6.45, 7) is 0. The van der Waals surface area contributed by atoms with Crippen LogP contribution in [0.25, 0.3) is 0 Å². The summed E-state index contributed by atoms with van der Waals surface area (Å²) >= 11 is 0. The van der Waals surface area contributed by atoms with E-state index in [1.807, 2.05) is 0 Å². The molecular formula is C7H6O8. The molecule has 0 amide bonds. The predicted octanol–water partition coefficient (Wildman–Crippen LogP) is -1.22. The number of ether oxygens (including phenoxy) is 1. The third-order valence-electron chi connectivity index (χ3n) is 1.44. The highest BCUT2D eigenvalue weighted by Gasteiger charge is 2.35. The van der Waals surface area contributed by atoms with Crippen LogP contribution in [0.3, 0.4) is 0 Å². The normalized spacial score (nSPS) is 22.7. The Kier molecular flexibility index (Phi) is 3.21. The Morgan fingerprint density at radius 1 is 1.13 bits per heavy atom. The van der Waals surface area contributed by atoms with E-state index in [-0.39, 0.29) is 12.8 Å². The zero-order chi connectivity index (χ0) is 11.4. The monoisotopic (exact) mass is 218 g/mol. The summed E-state index contributed by atoms with van der Waals surface area (Å²) in [5, 5.41) is 8.48. The van der Waals surface area contributed by atoms with E-state index < -0.39 is 30.0 Å². The van der Waals surface area contributed by atoms with E-state index in [0.717, 1.165) is 0 Å². The Morgan fingerprint density at radius 3 is 2.33 bits per heavy atom. The second-order valence-corrected chi connectivity index (χ2v) is 2.57. The predicted molar refractivity (Wildman–Crippen MR) is 38.9 cm³/mol. The Hall–Kier alpha value is -2.12. The average molecular weight is 218 g/mol. The molecule has 1 atom stereocenters. The highest BCUT2D eigenvalue weighted by atomic mass is 17.2. The first kappa shape index (κ1) is 11.0. The summed E-state index contributed by atoms with van der Waals surface area (Å²) in [5.41, 5.74) is 0. The van der Waals surface area contributed by atoms with Crippen molar-refractivity contribution in [1.82, 2.24) is 0 Å². The summed E-state index contributed by atoms with van der Waals surface area (Å²) in [7, 11) is 0. The van der Waals surface area contributed by atoms with Crippen molar-refractivity contribution in [3.05, 3.63) is 0 Å². The molecule has 0 aromatic rings. The van der Waals surface area contributed by atoms with Crippen LogP contribution in [0.5, 0.6) is 0 Å². The summed E-state index contributed by atoms with van der Waals surface area (Å²) in [6, 6.07) is 0. The maximum absolute atomic E-state index is 10.9. The number of cyclic esters (lactones) is 1. The number of carboxylic acid groups (broad SMARTS) is 1.